The molecule has 0 unspecified atom stereocenters. The van der Waals surface area contributed by atoms with Crippen LogP contribution >= 0.6 is 35.8 Å². The highest BCUT2D eigenvalue weighted by Crippen LogP contribution is 2.28. The summed E-state index contributed by atoms with van der Waals surface area (Å²) in [4.78, 5) is 13.3. The summed E-state index contributed by atoms with van der Waals surface area (Å²) < 4.78 is 0. The standard InChI is InChI=1S/C14H15ClN4OS.ClH/c1-21-12-3-2-8(6-10(12)15)17-14(20)13-9-7-16-5-4-11(9)18-19-13;/h2-3,6,16H,4-5,7H2,1H3,(H,17,20)(H,18,19);1H. The highest BCUT2D eigenvalue weighted by atomic mass is 35.5. The van der Waals surface area contributed by atoms with Crippen molar-refractivity contribution >= 4 is 47.4 Å². The van der Waals surface area contributed by atoms with Crippen LogP contribution in [-0.2, 0) is 13.0 Å². The van der Waals surface area contributed by atoms with Crippen molar-refractivity contribution in [2.75, 3.05) is 18.1 Å². The first-order valence-electron chi connectivity index (χ1n) is 6.60. The third-order valence-corrected chi connectivity index (χ3v) is 4.65. The number of carbonyl (C=O) groups excluding carboxylic acids is 1. The summed E-state index contributed by atoms with van der Waals surface area (Å²) in [6, 6.07) is 5.49. The summed E-state index contributed by atoms with van der Waals surface area (Å²) in [7, 11) is 0. The molecule has 5 nitrogen and oxygen atoms in total. The molecule has 0 saturated heterocycles. The van der Waals surface area contributed by atoms with Crippen LogP contribution in [0.5, 0.6) is 0 Å². The van der Waals surface area contributed by atoms with Gasteiger partial charge in [-0.25, -0.2) is 0 Å². The second kappa shape index (κ2) is 7.37. The van der Waals surface area contributed by atoms with E-state index in [0.717, 1.165) is 29.1 Å². The minimum atomic E-state index is -0.218. The van der Waals surface area contributed by atoms with E-state index in [1.54, 1.807) is 17.8 Å². The quantitative estimate of drug-likeness (QED) is 0.737. The molecule has 118 valence electrons. The van der Waals surface area contributed by atoms with Crippen LogP contribution in [0.2, 0.25) is 5.02 Å². The van der Waals surface area contributed by atoms with Gasteiger partial charge in [0.25, 0.3) is 5.91 Å². The van der Waals surface area contributed by atoms with Crippen LogP contribution in [0.4, 0.5) is 5.69 Å². The lowest BCUT2D eigenvalue weighted by molar-refractivity contribution is 0.102. The summed E-state index contributed by atoms with van der Waals surface area (Å²) in [5.74, 6) is -0.218. The van der Waals surface area contributed by atoms with Crippen LogP contribution in [0, 0.1) is 0 Å². The highest BCUT2D eigenvalue weighted by molar-refractivity contribution is 7.98. The third kappa shape index (κ3) is 3.41. The number of amides is 1. The summed E-state index contributed by atoms with van der Waals surface area (Å²) in [5.41, 5.74) is 3.10. The van der Waals surface area contributed by atoms with Crippen molar-refractivity contribution in [2.24, 2.45) is 0 Å². The highest BCUT2D eigenvalue weighted by Gasteiger charge is 2.21. The SMILES string of the molecule is CSc1ccc(NC(=O)c2n[nH]c3c2CNCC3)cc1Cl.Cl. The zero-order chi connectivity index (χ0) is 14.8. The molecule has 1 aliphatic heterocycles. The second-order valence-electron chi connectivity index (χ2n) is 4.76. The minimum Gasteiger partial charge on any atom is -0.321 e. The number of carbonyl (C=O) groups is 1. The molecule has 1 aliphatic rings. The maximum absolute atomic E-state index is 12.3. The molecule has 22 heavy (non-hydrogen) atoms. The van der Waals surface area contributed by atoms with Crippen molar-refractivity contribution in [3.05, 3.63) is 40.2 Å². The molecule has 1 aromatic heterocycles. The van der Waals surface area contributed by atoms with E-state index in [-0.39, 0.29) is 18.3 Å². The lowest BCUT2D eigenvalue weighted by Gasteiger charge is -2.13. The summed E-state index contributed by atoms with van der Waals surface area (Å²) >= 11 is 7.72. The Morgan fingerprint density at radius 2 is 2.27 bits per heavy atom. The molecule has 2 heterocycles. The van der Waals surface area contributed by atoms with Gasteiger partial charge in [-0.2, -0.15) is 5.10 Å². The molecule has 0 atom stereocenters. The molecule has 1 amide bonds. The average Bonchev–Trinajstić information content (AvgIpc) is 2.91. The van der Waals surface area contributed by atoms with Crippen LogP contribution in [0.15, 0.2) is 23.1 Å². The molecule has 0 spiro atoms. The predicted octanol–water partition coefficient (Wildman–Crippen LogP) is 3.10. The number of benzene rings is 1. The number of H-pyrrole nitrogens is 1. The van der Waals surface area contributed by atoms with E-state index in [0.29, 0.717) is 22.9 Å². The van der Waals surface area contributed by atoms with E-state index in [1.165, 1.54) is 0 Å². The first-order valence-corrected chi connectivity index (χ1v) is 8.21. The van der Waals surface area contributed by atoms with Crippen molar-refractivity contribution < 1.29 is 4.79 Å². The maximum Gasteiger partial charge on any atom is 0.276 e. The van der Waals surface area contributed by atoms with Crippen molar-refractivity contribution in [1.82, 2.24) is 15.5 Å². The Labute approximate surface area is 144 Å². The number of fused-ring (bicyclic) bond motifs is 1. The molecule has 0 radical (unpaired) electrons. The second-order valence-corrected chi connectivity index (χ2v) is 6.01. The molecule has 0 saturated carbocycles. The third-order valence-electron chi connectivity index (χ3n) is 3.43. The number of rotatable bonds is 3. The van der Waals surface area contributed by atoms with Gasteiger partial charge in [0.1, 0.15) is 0 Å². The fourth-order valence-electron chi connectivity index (χ4n) is 2.35. The van der Waals surface area contributed by atoms with Crippen LogP contribution < -0.4 is 10.6 Å². The fraction of sp³-hybridized carbons (Fsp3) is 0.286. The Hall–Kier alpha value is -1.21. The van der Waals surface area contributed by atoms with E-state index in [9.17, 15) is 4.79 Å². The number of nitrogens with zero attached hydrogens (tertiary/aromatic N) is 1. The smallest absolute Gasteiger partial charge is 0.276 e. The molecular formula is C14H16Cl2N4OS. The zero-order valence-electron chi connectivity index (χ0n) is 11.9. The van der Waals surface area contributed by atoms with Gasteiger partial charge in [-0.3, -0.25) is 9.89 Å². The summed E-state index contributed by atoms with van der Waals surface area (Å²) in [6.45, 7) is 1.57. The monoisotopic (exact) mass is 358 g/mol. The number of thioether (sulfide) groups is 1. The van der Waals surface area contributed by atoms with Gasteiger partial charge < -0.3 is 10.6 Å². The number of aromatic nitrogens is 2. The summed E-state index contributed by atoms with van der Waals surface area (Å²) in [6.07, 6.45) is 2.83. The summed E-state index contributed by atoms with van der Waals surface area (Å²) in [5, 5.41) is 13.8. The molecule has 0 fully saturated rings. The number of hydrogen-bond acceptors (Lipinski definition) is 4. The number of nitrogens with one attached hydrogen (secondary N) is 3. The van der Waals surface area contributed by atoms with Gasteiger partial charge in [0, 0.05) is 41.4 Å². The topological polar surface area (TPSA) is 69.8 Å². The first-order chi connectivity index (χ1) is 10.2. The molecule has 0 bridgehead atoms. The van der Waals surface area contributed by atoms with E-state index in [1.807, 2.05) is 18.4 Å². The Kier molecular flexibility index (Phi) is 5.74. The maximum atomic E-state index is 12.3. The minimum absolute atomic E-state index is 0. The average molecular weight is 359 g/mol. The molecular weight excluding hydrogens is 343 g/mol. The van der Waals surface area contributed by atoms with Gasteiger partial charge in [-0.15, -0.1) is 24.2 Å². The van der Waals surface area contributed by atoms with Gasteiger partial charge in [0.15, 0.2) is 5.69 Å². The molecule has 8 heteroatoms. The van der Waals surface area contributed by atoms with Gasteiger partial charge in [0.2, 0.25) is 0 Å². The van der Waals surface area contributed by atoms with E-state index in [4.69, 9.17) is 11.6 Å². The number of halogens is 2. The normalized spacial score (nSPS) is 13.2. The first kappa shape index (κ1) is 17.1. The van der Waals surface area contributed by atoms with Gasteiger partial charge in [-0.1, -0.05) is 11.6 Å². The Morgan fingerprint density at radius 1 is 1.45 bits per heavy atom. The van der Waals surface area contributed by atoms with Crippen molar-refractivity contribution in [3.63, 3.8) is 0 Å². The lowest BCUT2D eigenvalue weighted by atomic mass is 10.1. The Bertz CT molecular complexity index is 689. The number of hydrogen-bond donors (Lipinski definition) is 3. The Balaban J connectivity index is 0.00000176. The lowest BCUT2D eigenvalue weighted by Crippen LogP contribution is -2.25. The largest absolute Gasteiger partial charge is 0.321 e. The van der Waals surface area contributed by atoms with Crippen LogP contribution in [0.1, 0.15) is 21.7 Å². The number of aromatic amines is 1. The molecule has 0 aliphatic carbocycles. The van der Waals surface area contributed by atoms with Gasteiger partial charge in [0.05, 0.1) is 5.02 Å². The molecule has 3 rings (SSSR count). The molecule has 2 aromatic rings. The van der Waals surface area contributed by atoms with E-state index in [2.05, 4.69) is 20.8 Å². The zero-order valence-corrected chi connectivity index (χ0v) is 14.3. The van der Waals surface area contributed by atoms with Crippen LogP contribution in [-0.4, -0.2) is 28.9 Å². The van der Waals surface area contributed by atoms with Crippen molar-refractivity contribution in [1.29, 1.82) is 0 Å². The number of anilines is 1. The fourth-order valence-corrected chi connectivity index (χ4v) is 3.22. The van der Waals surface area contributed by atoms with E-state index < -0.39 is 0 Å². The molecule has 1 aromatic carbocycles. The molecule has 3 N–H and O–H groups in total. The predicted molar refractivity (Wildman–Crippen MR) is 92.4 cm³/mol. The van der Waals surface area contributed by atoms with Crippen LogP contribution in [0.3, 0.4) is 0 Å². The van der Waals surface area contributed by atoms with Crippen molar-refractivity contribution in [2.45, 2.75) is 17.9 Å². The van der Waals surface area contributed by atoms with Crippen LogP contribution in [0.25, 0.3) is 0 Å². The van der Waals surface area contributed by atoms with E-state index >= 15 is 0 Å². The Morgan fingerprint density at radius 3 is 3.00 bits per heavy atom. The van der Waals surface area contributed by atoms with Gasteiger partial charge >= 0.3 is 0 Å². The van der Waals surface area contributed by atoms with Gasteiger partial charge in [-0.05, 0) is 24.5 Å². The van der Waals surface area contributed by atoms with Crippen molar-refractivity contribution in [3.8, 4) is 0 Å².